The molecule has 7 nitrogen and oxygen atoms in total. The van der Waals surface area contributed by atoms with Gasteiger partial charge in [0.1, 0.15) is 0 Å². The number of benzene rings is 1. The van der Waals surface area contributed by atoms with Gasteiger partial charge in [-0.1, -0.05) is 36.9 Å². The molecular formula is C18H25ClN4O3. The van der Waals surface area contributed by atoms with Crippen molar-refractivity contribution in [3.63, 3.8) is 0 Å². The van der Waals surface area contributed by atoms with Crippen molar-refractivity contribution in [3.05, 3.63) is 29.3 Å². The lowest BCUT2D eigenvalue weighted by molar-refractivity contribution is -0.122. The Balaban J connectivity index is 1.68. The Hall–Kier alpha value is -2.12. The Labute approximate surface area is 158 Å². The molecule has 0 spiro atoms. The Kier molecular flexibility index (Phi) is 7.87. The van der Waals surface area contributed by atoms with E-state index in [1.165, 1.54) is 11.3 Å². The molecule has 0 bridgehead atoms. The van der Waals surface area contributed by atoms with Crippen molar-refractivity contribution >= 4 is 35.1 Å². The average Bonchev–Trinajstić information content (AvgIpc) is 2.54. The number of nitrogens with one attached hydrogen (secondary N) is 3. The van der Waals surface area contributed by atoms with Gasteiger partial charge >= 0.3 is 6.03 Å². The number of carbonyl (C=O) groups excluding carboxylic acids is 3. The summed E-state index contributed by atoms with van der Waals surface area (Å²) >= 11 is 5.87. The van der Waals surface area contributed by atoms with Gasteiger partial charge in [-0.25, -0.2) is 4.79 Å². The van der Waals surface area contributed by atoms with E-state index in [0.29, 0.717) is 10.7 Å². The molecule has 1 aliphatic rings. The third-order valence-electron chi connectivity index (χ3n) is 4.13. The third-order valence-corrected chi connectivity index (χ3v) is 4.36. The minimum Gasteiger partial charge on any atom is -0.335 e. The van der Waals surface area contributed by atoms with Gasteiger partial charge in [0.25, 0.3) is 0 Å². The number of imide groups is 1. The molecule has 1 aromatic carbocycles. The zero-order valence-corrected chi connectivity index (χ0v) is 15.6. The molecule has 0 radical (unpaired) electrons. The highest BCUT2D eigenvalue weighted by Gasteiger charge is 2.18. The number of nitrogens with zero attached hydrogens (tertiary/aromatic N) is 1. The predicted molar refractivity (Wildman–Crippen MR) is 101 cm³/mol. The number of amides is 4. The molecule has 2 rings (SSSR count). The normalized spacial score (nSPS) is 14.7. The van der Waals surface area contributed by atoms with E-state index >= 15 is 0 Å². The number of rotatable bonds is 6. The van der Waals surface area contributed by atoms with Gasteiger partial charge in [-0.3, -0.25) is 19.8 Å². The number of hydrogen-bond donors (Lipinski definition) is 3. The molecule has 0 unspecified atom stereocenters. The molecule has 0 saturated heterocycles. The molecular weight excluding hydrogens is 356 g/mol. The van der Waals surface area contributed by atoms with E-state index in [4.69, 9.17) is 11.6 Å². The summed E-state index contributed by atoms with van der Waals surface area (Å²) in [5, 5.41) is 8.36. The Morgan fingerprint density at radius 3 is 2.50 bits per heavy atom. The Morgan fingerprint density at radius 1 is 1.12 bits per heavy atom. The first kappa shape index (κ1) is 20.2. The lowest BCUT2D eigenvalue weighted by Crippen LogP contribution is -2.48. The minimum atomic E-state index is -0.473. The number of likely N-dealkylation sites (N-methyl/N-ethyl adjacent to an activating group) is 1. The second-order valence-corrected chi connectivity index (χ2v) is 7.02. The summed E-state index contributed by atoms with van der Waals surface area (Å²) in [6, 6.07) is 6.48. The summed E-state index contributed by atoms with van der Waals surface area (Å²) in [4.78, 5) is 37.3. The van der Waals surface area contributed by atoms with Crippen LogP contribution in [-0.4, -0.2) is 48.9 Å². The average molecular weight is 381 g/mol. The number of hydrogen-bond acceptors (Lipinski definition) is 4. The van der Waals surface area contributed by atoms with Crippen LogP contribution in [-0.2, 0) is 9.59 Å². The SMILES string of the molecule is CN(CC(=O)NC(=O)NC1CCCCC1)CC(=O)Nc1cccc(Cl)c1. The second-order valence-electron chi connectivity index (χ2n) is 6.59. The fraction of sp³-hybridized carbons (Fsp3) is 0.500. The van der Waals surface area contributed by atoms with E-state index in [2.05, 4.69) is 16.0 Å². The van der Waals surface area contributed by atoms with E-state index in [0.717, 1.165) is 25.7 Å². The molecule has 142 valence electrons. The molecule has 0 aliphatic heterocycles. The predicted octanol–water partition coefficient (Wildman–Crippen LogP) is 2.37. The van der Waals surface area contributed by atoms with E-state index in [1.807, 2.05) is 0 Å². The lowest BCUT2D eigenvalue weighted by Gasteiger charge is -2.23. The molecule has 0 aromatic heterocycles. The molecule has 0 heterocycles. The first-order valence-corrected chi connectivity index (χ1v) is 9.14. The molecule has 8 heteroatoms. The smallest absolute Gasteiger partial charge is 0.321 e. The maximum absolute atomic E-state index is 12.0. The van der Waals surface area contributed by atoms with Crippen LogP contribution in [0.5, 0.6) is 0 Å². The summed E-state index contributed by atoms with van der Waals surface area (Å²) in [6.07, 6.45) is 5.30. The summed E-state index contributed by atoms with van der Waals surface area (Å²) in [7, 11) is 1.64. The number of carbonyl (C=O) groups is 3. The van der Waals surface area contributed by atoms with Gasteiger partial charge in [-0.2, -0.15) is 0 Å². The van der Waals surface area contributed by atoms with Crippen LogP contribution in [0.3, 0.4) is 0 Å². The van der Waals surface area contributed by atoms with Crippen molar-refractivity contribution in [2.24, 2.45) is 0 Å². The maximum Gasteiger partial charge on any atom is 0.321 e. The maximum atomic E-state index is 12.0. The van der Waals surface area contributed by atoms with Gasteiger partial charge in [-0.05, 0) is 38.1 Å². The molecule has 1 aromatic rings. The standard InChI is InChI=1S/C18H25ClN4O3/c1-23(11-16(24)20-15-9-5-6-13(19)10-15)12-17(25)22-18(26)21-14-7-3-2-4-8-14/h5-6,9-10,14H,2-4,7-8,11-12H2,1H3,(H,20,24)(H2,21,22,25,26). The first-order valence-electron chi connectivity index (χ1n) is 8.76. The van der Waals surface area contributed by atoms with Crippen LogP contribution in [0.1, 0.15) is 32.1 Å². The monoisotopic (exact) mass is 380 g/mol. The lowest BCUT2D eigenvalue weighted by atomic mass is 9.96. The molecule has 1 fully saturated rings. The van der Waals surface area contributed by atoms with Crippen molar-refractivity contribution in [2.75, 3.05) is 25.5 Å². The number of urea groups is 1. The highest BCUT2D eigenvalue weighted by Crippen LogP contribution is 2.17. The fourth-order valence-electron chi connectivity index (χ4n) is 2.95. The van der Waals surface area contributed by atoms with E-state index in [9.17, 15) is 14.4 Å². The van der Waals surface area contributed by atoms with Crippen LogP contribution in [0.4, 0.5) is 10.5 Å². The van der Waals surface area contributed by atoms with Gasteiger partial charge in [0, 0.05) is 16.8 Å². The number of halogens is 1. The van der Waals surface area contributed by atoms with Gasteiger partial charge in [0.2, 0.25) is 11.8 Å². The summed E-state index contributed by atoms with van der Waals surface area (Å²) in [5.41, 5.74) is 0.590. The van der Waals surface area contributed by atoms with E-state index in [1.54, 1.807) is 31.3 Å². The molecule has 26 heavy (non-hydrogen) atoms. The topological polar surface area (TPSA) is 90.5 Å². The minimum absolute atomic E-state index is 0.0180. The largest absolute Gasteiger partial charge is 0.335 e. The van der Waals surface area contributed by atoms with E-state index < -0.39 is 11.9 Å². The third kappa shape index (κ3) is 7.41. The molecule has 4 amide bonds. The fourth-order valence-corrected chi connectivity index (χ4v) is 3.14. The van der Waals surface area contributed by atoms with Crippen molar-refractivity contribution in [1.82, 2.24) is 15.5 Å². The summed E-state index contributed by atoms with van der Waals surface area (Å²) in [6.45, 7) is -0.0365. The van der Waals surface area contributed by atoms with Crippen LogP contribution >= 0.6 is 11.6 Å². The first-order chi connectivity index (χ1) is 12.4. The van der Waals surface area contributed by atoms with Gasteiger partial charge in [0.15, 0.2) is 0 Å². The van der Waals surface area contributed by atoms with Crippen molar-refractivity contribution in [1.29, 1.82) is 0 Å². The highest BCUT2D eigenvalue weighted by atomic mass is 35.5. The van der Waals surface area contributed by atoms with Crippen LogP contribution < -0.4 is 16.0 Å². The van der Waals surface area contributed by atoms with Gasteiger partial charge in [-0.15, -0.1) is 0 Å². The van der Waals surface area contributed by atoms with Crippen LogP contribution in [0.15, 0.2) is 24.3 Å². The zero-order valence-electron chi connectivity index (χ0n) is 14.9. The Bertz CT molecular complexity index is 647. The zero-order chi connectivity index (χ0) is 18.9. The Morgan fingerprint density at radius 2 is 1.81 bits per heavy atom. The highest BCUT2D eigenvalue weighted by molar-refractivity contribution is 6.30. The quantitative estimate of drug-likeness (QED) is 0.706. The molecule has 1 aliphatic carbocycles. The van der Waals surface area contributed by atoms with E-state index in [-0.39, 0.29) is 25.0 Å². The molecule has 1 saturated carbocycles. The van der Waals surface area contributed by atoms with Crippen molar-refractivity contribution in [2.45, 2.75) is 38.1 Å². The summed E-state index contributed by atoms with van der Waals surface area (Å²) < 4.78 is 0. The van der Waals surface area contributed by atoms with Crippen LogP contribution in [0.2, 0.25) is 5.02 Å². The molecule has 3 N–H and O–H groups in total. The van der Waals surface area contributed by atoms with Crippen molar-refractivity contribution < 1.29 is 14.4 Å². The number of anilines is 1. The van der Waals surface area contributed by atoms with Gasteiger partial charge in [0.05, 0.1) is 13.1 Å². The van der Waals surface area contributed by atoms with Crippen molar-refractivity contribution in [3.8, 4) is 0 Å². The molecule has 0 atom stereocenters. The van der Waals surface area contributed by atoms with Gasteiger partial charge < -0.3 is 10.6 Å². The van der Waals surface area contributed by atoms with Crippen LogP contribution in [0, 0.1) is 0 Å². The second kappa shape index (κ2) is 10.1. The summed E-state index contributed by atoms with van der Waals surface area (Å²) in [5.74, 6) is -0.717. The van der Waals surface area contributed by atoms with Crippen LogP contribution in [0.25, 0.3) is 0 Å².